The molecule has 0 amide bonds. The average molecular weight is 380 g/mol. The van der Waals surface area contributed by atoms with E-state index in [0.29, 0.717) is 0 Å². The Hall–Kier alpha value is -2.11. The first-order chi connectivity index (χ1) is 13.2. The monoisotopic (exact) mass is 379 g/mol. The zero-order valence-corrected chi connectivity index (χ0v) is 16.7. The van der Waals surface area contributed by atoms with Crippen LogP contribution in [-0.2, 0) is 13.6 Å². The smallest absolute Gasteiger partial charge is 0.167 e. The van der Waals surface area contributed by atoms with Crippen LogP contribution in [0.1, 0.15) is 29.0 Å². The van der Waals surface area contributed by atoms with Gasteiger partial charge in [0.25, 0.3) is 0 Å². The van der Waals surface area contributed by atoms with E-state index in [9.17, 15) is 4.79 Å². The van der Waals surface area contributed by atoms with Gasteiger partial charge in [0, 0.05) is 30.0 Å². The molecule has 0 radical (unpaired) electrons. The Bertz CT molecular complexity index is 948. The third kappa shape index (κ3) is 3.80. The van der Waals surface area contributed by atoms with E-state index in [0.717, 1.165) is 54.9 Å². The summed E-state index contributed by atoms with van der Waals surface area (Å²) in [6, 6.07) is 16.3. The van der Waals surface area contributed by atoms with Crippen molar-refractivity contribution >= 4 is 28.6 Å². The highest BCUT2D eigenvalue weighted by Crippen LogP contribution is 2.24. The highest BCUT2D eigenvalue weighted by molar-refractivity contribution is 7.98. The molecule has 4 nitrogen and oxygen atoms in total. The molecule has 1 saturated heterocycles. The van der Waals surface area contributed by atoms with Gasteiger partial charge in [-0.2, -0.15) is 0 Å². The molecule has 2 aromatic carbocycles. The van der Waals surface area contributed by atoms with Crippen molar-refractivity contribution in [1.29, 1.82) is 0 Å². The lowest BCUT2D eigenvalue weighted by atomic mass is 9.90. The van der Waals surface area contributed by atoms with Gasteiger partial charge in [0.2, 0.25) is 0 Å². The second kappa shape index (κ2) is 7.87. The SMILES string of the molecule is CSc1ccc(C(=O)[C@@H]2CCCN(Cc3nc4ccccc4n3C)C2)cc1. The topological polar surface area (TPSA) is 38.1 Å². The number of hydrogen-bond acceptors (Lipinski definition) is 4. The van der Waals surface area contributed by atoms with Crippen molar-refractivity contribution in [3.05, 3.63) is 59.9 Å². The van der Waals surface area contributed by atoms with Gasteiger partial charge < -0.3 is 4.57 Å². The molecule has 0 bridgehead atoms. The minimum atomic E-state index is 0.0774. The van der Waals surface area contributed by atoms with Crippen LogP contribution in [0.4, 0.5) is 0 Å². The number of hydrogen-bond donors (Lipinski definition) is 0. The van der Waals surface area contributed by atoms with Crippen LogP contribution < -0.4 is 0 Å². The van der Waals surface area contributed by atoms with Gasteiger partial charge in [-0.25, -0.2) is 4.98 Å². The van der Waals surface area contributed by atoms with Crippen LogP contribution in [0.15, 0.2) is 53.4 Å². The van der Waals surface area contributed by atoms with Crippen molar-refractivity contribution in [1.82, 2.24) is 14.5 Å². The molecule has 27 heavy (non-hydrogen) atoms. The average Bonchev–Trinajstić information content (AvgIpc) is 3.03. The van der Waals surface area contributed by atoms with Crippen molar-refractivity contribution in [3.63, 3.8) is 0 Å². The van der Waals surface area contributed by atoms with E-state index in [4.69, 9.17) is 4.98 Å². The van der Waals surface area contributed by atoms with Gasteiger partial charge in [-0.15, -0.1) is 11.8 Å². The standard InChI is InChI=1S/C22H25N3OS/c1-24-20-8-4-3-7-19(20)23-21(24)15-25-13-5-6-17(14-25)22(26)16-9-11-18(27-2)12-10-16/h3-4,7-12,17H,5-6,13-15H2,1-2H3/t17-/m1/s1. The molecule has 1 aliphatic rings. The minimum absolute atomic E-state index is 0.0774. The van der Waals surface area contributed by atoms with Crippen molar-refractivity contribution < 1.29 is 4.79 Å². The third-order valence-electron chi connectivity index (χ3n) is 5.50. The molecule has 1 fully saturated rings. The Morgan fingerprint density at radius 1 is 1.19 bits per heavy atom. The van der Waals surface area contributed by atoms with Gasteiger partial charge in [-0.3, -0.25) is 9.69 Å². The van der Waals surface area contributed by atoms with Crippen LogP contribution in [0.3, 0.4) is 0 Å². The lowest BCUT2D eigenvalue weighted by Crippen LogP contribution is -2.38. The van der Waals surface area contributed by atoms with E-state index >= 15 is 0 Å². The van der Waals surface area contributed by atoms with Crippen LogP contribution in [0, 0.1) is 5.92 Å². The summed E-state index contributed by atoms with van der Waals surface area (Å²) < 4.78 is 2.17. The van der Waals surface area contributed by atoms with E-state index in [2.05, 4.69) is 34.9 Å². The van der Waals surface area contributed by atoms with Crippen molar-refractivity contribution in [2.45, 2.75) is 24.3 Å². The summed E-state index contributed by atoms with van der Waals surface area (Å²) in [6.45, 7) is 2.63. The second-order valence-corrected chi connectivity index (χ2v) is 8.12. The first-order valence-electron chi connectivity index (χ1n) is 9.46. The molecule has 1 aliphatic heterocycles. The number of ketones is 1. The number of rotatable bonds is 5. The number of para-hydroxylation sites is 2. The third-order valence-corrected chi connectivity index (χ3v) is 6.24. The van der Waals surface area contributed by atoms with E-state index in [1.54, 1.807) is 11.8 Å². The molecule has 4 rings (SSSR count). The van der Waals surface area contributed by atoms with Gasteiger partial charge >= 0.3 is 0 Å². The Kier molecular flexibility index (Phi) is 5.32. The lowest BCUT2D eigenvalue weighted by molar-refractivity contribution is 0.0807. The summed E-state index contributed by atoms with van der Waals surface area (Å²) in [7, 11) is 2.07. The summed E-state index contributed by atoms with van der Waals surface area (Å²) in [6.07, 6.45) is 4.09. The maximum atomic E-state index is 13.0. The molecule has 0 N–H and O–H groups in total. The van der Waals surface area contributed by atoms with Crippen molar-refractivity contribution in [3.8, 4) is 0 Å². The van der Waals surface area contributed by atoms with Gasteiger partial charge in [-0.05, 0) is 49.9 Å². The normalized spacial score (nSPS) is 18.1. The van der Waals surface area contributed by atoms with Gasteiger partial charge in [0.15, 0.2) is 5.78 Å². The van der Waals surface area contributed by atoms with Crippen LogP contribution in [-0.4, -0.2) is 39.6 Å². The molecule has 140 valence electrons. The molecule has 0 spiro atoms. The number of piperidine rings is 1. The van der Waals surface area contributed by atoms with Crippen LogP contribution in [0.5, 0.6) is 0 Å². The fraction of sp³-hybridized carbons (Fsp3) is 0.364. The fourth-order valence-electron chi connectivity index (χ4n) is 3.94. The quantitative estimate of drug-likeness (QED) is 0.487. The summed E-state index contributed by atoms with van der Waals surface area (Å²) in [5, 5.41) is 0. The number of carbonyl (C=O) groups excluding carboxylic acids is 1. The van der Waals surface area contributed by atoms with E-state index in [1.807, 2.05) is 36.4 Å². The van der Waals surface area contributed by atoms with Crippen LogP contribution in [0.2, 0.25) is 0 Å². The summed E-state index contributed by atoms with van der Waals surface area (Å²) in [5.74, 6) is 1.42. The zero-order valence-electron chi connectivity index (χ0n) is 15.9. The number of thioether (sulfide) groups is 1. The fourth-order valence-corrected chi connectivity index (χ4v) is 4.35. The summed E-state index contributed by atoms with van der Waals surface area (Å²) in [4.78, 5) is 21.3. The molecule has 5 heteroatoms. The maximum absolute atomic E-state index is 13.0. The first kappa shape index (κ1) is 18.3. The number of likely N-dealkylation sites (tertiary alicyclic amines) is 1. The molecule has 1 atom stereocenters. The minimum Gasteiger partial charge on any atom is -0.330 e. The molecule has 0 unspecified atom stereocenters. The van der Waals surface area contributed by atoms with Gasteiger partial charge in [0.05, 0.1) is 17.6 Å². The Morgan fingerprint density at radius 3 is 2.70 bits per heavy atom. The van der Waals surface area contributed by atoms with Crippen LogP contribution in [0.25, 0.3) is 11.0 Å². The number of nitrogens with zero attached hydrogens (tertiary/aromatic N) is 3. The Morgan fingerprint density at radius 2 is 1.96 bits per heavy atom. The number of fused-ring (bicyclic) bond motifs is 1. The van der Waals surface area contributed by atoms with Crippen molar-refractivity contribution in [2.24, 2.45) is 13.0 Å². The van der Waals surface area contributed by atoms with E-state index < -0.39 is 0 Å². The predicted molar refractivity (Wildman–Crippen MR) is 111 cm³/mol. The number of aromatic nitrogens is 2. The Balaban J connectivity index is 1.47. The summed E-state index contributed by atoms with van der Waals surface area (Å²) >= 11 is 1.70. The molecule has 0 aliphatic carbocycles. The first-order valence-corrected chi connectivity index (χ1v) is 10.7. The lowest BCUT2D eigenvalue weighted by Gasteiger charge is -2.31. The number of aryl methyl sites for hydroxylation is 1. The molecular weight excluding hydrogens is 354 g/mol. The molecular formula is C22H25N3OS. The maximum Gasteiger partial charge on any atom is 0.167 e. The van der Waals surface area contributed by atoms with Gasteiger partial charge in [-0.1, -0.05) is 24.3 Å². The zero-order chi connectivity index (χ0) is 18.8. The largest absolute Gasteiger partial charge is 0.330 e. The van der Waals surface area contributed by atoms with Crippen molar-refractivity contribution in [2.75, 3.05) is 19.3 Å². The second-order valence-electron chi connectivity index (χ2n) is 7.24. The number of benzene rings is 2. The predicted octanol–water partition coefficient (Wildman–Crippen LogP) is 4.39. The van der Waals surface area contributed by atoms with E-state index in [-0.39, 0.29) is 11.7 Å². The number of carbonyl (C=O) groups is 1. The molecule has 2 heterocycles. The Labute approximate surface area is 164 Å². The molecule has 3 aromatic rings. The van der Waals surface area contributed by atoms with Gasteiger partial charge in [0.1, 0.15) is 5.82 Å². The van der Waals surface area contributed by atoms with Crippen LogP contribution >= 0.6 is 11.8 Å². The molecule has 0 saturated carbocycles. The molecule has 1 aromatic heterocycles. The number of imidazole rings is 1. The summed E-state index contributed by atoms with van der Waals surface area (Å²) in [5.41, 5.74) is 3.03. The van der Waals surface area contributed by atoms with E-state index in [1.165, 1.54) is 4.90 Å². The highest BCUT2D eigenvalue weighted by atomic mass is 32.2. The number of Topliss-reactive ketones (excluding diaryl/α,β-unsaturated/α-hetero) is 1. The highest BCUT2D eigenvalue weighted by Gasteiger charge is 2.27.